The third kappa shape index (κ3) is 4.94. The van der Waals surface area contributed by atoms with Gasteiger partial charge in [-0.2, -0.15) is 4.57 Å². The fourth-order valence-electron chi connectivity index (χ4n) is 8.14. The van der Waals surface area contributed by atoms with Crippen molar-refractivity contribution in [2.45, 2.75) is 57.8 Å². The molecule has 0 N–H and O–H groups in total. The summed E-state index contributed by atoms with van der Waals surface area (Å²) in [4.78, 5) is 5.23. The van der Waals surface area contributed by atoms with Crippen LogP contribution in [0.3, 0.4) is 0 Å². The number of aryl methyl sites for hydroxylation is 2. The Hall–Kier alpha value is -4.80. The Morgan fingerprint density at radius 3 is 2.45 bits per heavy atom. The summed E-state index contributed by atoms with van der Waals surface area (Å²) < 4.78 is 9.34. The summed E-state index contributed by atoms with van der Waals surface area (Å²) in [5.41, 5.74) is 13.6. The zero-order chi connectivity index (χ0) is 32.4. The Morgan fingerprint density at radius 1 is 0.894 bits per heavy atom. The van der Waals surface area contributed by atoms with Crippen molar-refractivity contribution in [3.8, 4) is 22.4 Å². The Labute approximate surface area is 278 Å². The SMILES string of the molecule is C=C/C1=N/C(=C)CC2C(CCc3ccc4c(oc5cc(-c6ccccc6)ccc54)c31)c1ccccc1-c1cc(C)c([Si](C)(C)C)c[n+]12. The summed E-state index contributed by atoms with van der Waals surface area (Å²) in [7, 11) is -1.56. The highest BCUT2D eigenvalue weighted by atomic mass is 28.3. The van der Waals surface area contributed by atoms with E-state index < -0.39 is 8.07 Å². The van der Waals surface area contributed by atoms with E-state index in [0.717, 1.165) is 63.7 Å². The first-order valence-corrected chi connectivity index (χ1v) is 20.3. The highest BCUT2D eigenvalue weighted by molar-refractivity contribution is 6.88. The molecule has 0 aliphatic carbocycles. The molecule has 0 spiro atoms. The molecule has 4 heterocycles. The standard InChI is InChI=1S/C43H41N2OSi/c1-7-37-42-30(18-22-36-35-21-19-31(25-40(35)46-43(36)42)29-13-9-8-10-14-29)17-20-34-32-15-11-12-16-33(32)38-23-27(2)41(47(4,5)6)26-45(38)39(34)24-28(3)44-37/h7-16,18-19,21-23,25-26,34,39H,1,3,17,20,24H2,2,4-6H3/q+1/b44-37-. The van der Waals surface area contributed by atoms with Gasteiger partial charge in [-0.05, 0) is 71.9 Å². The molecule has 3 nitrogen and oxygen atoms in total. The summed E-state index contributed by atoms with van der Waals surface area (Å²) in [6.07, 6.45) is 7.06. The largest absolute Gasteiger partial charge is 0.455 e. The monoisotopic (exact) mass is 629 g/mol. The molecule has 6 aromatic rings. The van der Waals surface area contributed by atoms with Gasteiger partial charge in [-0.15, -0.1) is 0 Å². The van der Waals surface area contributed by atoms with Gasteiger partial charge in [0.1, 0.15) is 11.2 Å². The number of nitrogens with zero attached hydrogens (tertiary/aromatic N) is 2. The number of hydrogen-bond acceptors (Lipinski definition) is 2. The van der Waals surface area contributed by atoms with E-state index in [1.54, 1.807) is 0 Å². The van der Waals surface area contributed by atoms with Crippen molar-refractivity contribution in [1.29, 1.82) is 0 Å². The van der Waals surface area contributed by atoms with Crippen molar-refractivity contribution >= 4 is 40.9 Å². The molecule has 0 amide bonds. The highest BCUT2D eigenvalue weighted by Gasteiger charge is 2.42. The lowest BCUT2D eigenvalue weighted by atomic mass is 9.77. The summed E-state index contributed by atoms with van der Waals surface area (Å²) in [5, 5.41) is 3.74. The van der Waals surface area contributed by atoms with E-state index in [4.69, 9.17) is 9.41 Å². The average Bonchev–Trinajstić information content (AvgIpc) is 3.44. The molecule has 2 aromatic heterocycles. The van der Waals surface area contributed by atoms with Crippen molar-refractivity contribution in [2.75, 3.05) is 0 Å². The zero-order valence-electron chi connectivity index (χ0n) is 27.8. The van der Waals surface area contributed by atoms with Crippen LogP contribution in [0.5, 0.6) is 0 Å². The second-order valence-corrected chi connectivity index (χ2v) is 19.4. The van der Waals surface area contributed by atoms with Gasteiger partial charge in [0.2, 0.25) is 5.69 Å². The highest BCUT2D eigenvalue weighted by Crippen LogP contribution is 2.44. The minimum Gasteiger partial charge on any atom is -0.455 e. The van der Waals surface area contributed by atoms with Crippen LogP contribution in [0.2, 0.25) is 19.6 Å². The van der Waals surface area contributed by atoms with Crippen LogP contribution in [-0.2, 0) is 6.42 Å². The molecular formula is C43H41N2OSi+. The lowest BCUT2D eigenvalue weighted by molar-refractivity contribution is -0.717. The molecule has 8 rings (SSSR count). The molecule has 47 heavy (non-hydrogen) atoms. The zero-order valence-corrected chi connectivity index (χ0v) is 28.8. The lowest BCUT2D eigenvalue weighted by Crippen LogP contribution is -2.53. The third-order valence-corrected chi connectivity index (χ3v) is 12.5. The number of rotatable bonds is 3. The average molecular weight is 630 g/mol. The molecule has 0 saturated heterocycles. The number of aromatic nitrogens is 1. The Bertz CT molecular complexity index is 2270. The molecule has 4 aromatic carbocycles. The Morgan fingerprint density at radius 2 is 1.66 bits per heavy atom. The molecule has 0 bridgehead atoms. The summed E-state index contributed by atoms with van der Waals surface area (Å²) in [5.74, 6) is 0.325. The van der Waals surface area contributed by atoms with E-state index in [9.17, 15) is 0 Å². The van der Waals surface area contributed by atoms with Crippen molar-refractivity contribution in [2.24, 2.45) is 4.99 Å². The van der Waals surface area contributed by atoms with Crippen LogP contribution >= 0.6 is 0 Å². The quantitative estimate of drug-likeness (QED) is 0.141. The molecule has 4 heteroatoms. The topological polar surface area (TPSA) is 29.4 Å². The van der Waals surface area contributed by atoms with Crippen LogP contribution in [0.1, 0.15) is 47.1 Å². The molecule has 0 saturated carbocycles. The summed E-state index contributed by atoms with van der Waals surface area (Å²) in [6.45, 7) is 18.4. The van der Waals surface area contributed by atoms with E-state index in [2.05, 4.69) is 135 Å². The predicted octanol–water partition coefficient (Wildman–Crippen LogP) is 10.2. The van der Waals surface area contributed by atoms with Gasteiger partial charge in [-0.25, -0.2) is 0 Å². The van der Waals surface area contributed by atoms with Crippen molar-refractivity contribution < 1.29 is 8.98 Å². The lowest BCUT2D eigenvalue weighted by Gasteiger charge is -2.33. The summed E-state index contributed by atoms with van der Waals surface area (Å²) in [6, 6.07) is 33.2. The van der Waals surface area contributed by atoms with E-state index in [-0.39, 0.29) is 6.04 Å². The number of furan rings is 1. The van der Waals surface area contributed by atoms with Gasteiger partial charge in [0.15, 0.2) is 12.2 Å². The fourth-order valence-corrected chi connectivity index (χ4v) is 9.92. The maximum Gasteiger partial charge on any atom is 0.213 e. The van der Waals surface area contributed by atoms with Gasteiger partial charge >= 0.3 is 0 Å². The van der Waals surface area contributed by atoms with E-state index in [1.807, 2.05) is 12.1 Å². The number of allylic oxidation sites excluding steroid dienone is 2. The van der Waals surface area contributed by atoms with Gasteiger partial charge < -0.3 is 4.42 Å². The third-order valence-electron chi connectivity index (χ3n) is 10.3. The molecular weight excluding hydrogens is 589 g/mol. The maximum atomic E-state index is 6.76. The molecule has 2 aliphatic heterocycles. The first-order valence-electron chi connectivity index (χ1n) is 16.8. The number of benzene rings is 4. The van der Waals surface area contributed by atoms with Crippen molar-refractivity contribution in [3.05, 3.63) is 144 Å². The number of hydrogen-bond donors (Lipinski definition) is 0. The van der Waals surface area contributed by atoms with Crippen molar-refractivity contribution in [3.63, 3.8) is 0 Å². The van der Waals surface area contributed by atoms with Crippen molar-refractivity contribution in [1.82, 2.24) is 0 Å². The van der Waals surface area contributed by atoms with E-state index in [1.165, 1.54) is 38.7 Å². The normalized spacial score (nSPS) is 18.9. The minimum atomic E-state index is -1.56. The van der Waals surface area contributed by atoms with Crippen LogP contribution in [0.25, 0.3) is 44.3 Å². The van der Waals surface area contributed by atoms with Gasteiger partial charge in [-0.3, -0.25) is 4.99 Å². The number of pyridine rings is 1. The molecule has 2 unspecified atom stereocenters. The van der Waals surface area contributed by atoms with Crippen LogP contribution in [0.4, 0.5) is 0 Å². The van der Waals surface area contributed by atoms with Crippen LogP contribution in [-0.4, -0.2) is 13.8 Å². The molecule has 232 valence electrons. The smallest absolute Gasteiger partial charge is 0.213 e. The molecule has 2 aliphatic rings. The summed E-state index contributed by atoms with van der Waals surface area (Å²) >= 11 is 0. The van der Waals surface area contributed by atoms with Gasteiger partial charge in [0, 0.05) is 44.8 Å². The Balaban J connectivity index is 1.29. The van der Waals surface area contributed by atoms with Gasteiger partial charge in [-0.1, -0.05) is 99.5 Å². The van der Waals surface area contributed by atoms with Gasteiger partial charge in [0.05, 0.1) is 20.2 Å². The first-order chi connectivity index (χ1) is 22.7. The molecule has 0 radical (unpaired) electrons. The van der Waals surface area contributed by atoms with E-state index >= 15 is 0 Å². The first kappa shape index (κ1) is 29.6. The minimum absolute atomic E-state index is 0.228. The number of aliphatic imine (C=N–C) groups is 1. The maximum absolute atomic E-state index is 6.76. The van der Waals surface area contributed by atoms with E-state index in [0.29, 0.717) is 5.92 Å². The predicted molar refractivity (Wildman–Crippen MR) is 200 cm³/mol. The van der Waals surface area contributed by atoms with Gasteiger partial charge in [0.25, 0.3) is 0 Å². The number of fused-ring (bicyclic) bond motifs is 11. The molecule has 0 fully saturated rings. The van der Waals surface area contributed by atoms with Crippen LogP contribution in [0, 0.1) is 6.92 Å². The van der Waals surface area contributed by atoms with Crippen LogP contribution in [0.15, 0.2) is 132 Å². The Kier molecular flexibility index (Phi) is 7.03. The molecule has 2 atom stereocenters. The van der Waals surface area contributed by atoms with Crippen LogP contribution < -0.4 is 9.75 Å². The fraction of sp³-hybridized carbons (Fsp3) is 0.209. The second-order valence-electron chi connectivity index (χ2n) is 14.3. The second kappa shape index (κ2) is 11.2.